The fourth-order valence-electron chi connectivity index (χ4n) is 5.53. The molecule has 0 spiro atoms. The Labute approximate surface area is 131 Å². The largest absolute Gasteiger partial charge is 0.394 e. The summed E-state index contributed by atoms with van der Waals surface area (Å²) >= 11 is 0. The van der Waals surface area contributed by atoms with E-state index in [1.165, 1.54) is 6.33 Å². The van der Waals surface area contributed by atoms with Gasteiger partial charge >= 0.3 is 6.18 Å². The molecule has 4 aliphatic carbocycles. The summed E-state index contributed by atoms with van der Waals surface area (Å²) in [6.45, 7) is 0.176. The van der Waals surface area contributed by atoms with Gasteiger partial charge in [-0.3, -0.25) is 9.89 Å². The quantitative estimate of drug-likeness (QED) is 0.896. The molecule has 4 bridgehead atoms. The zero-order chi connectivity index (χ0) is 16.3. The summed E-state index contributed by atoms with van der Waals surface area (Å²) in [4.78, 5) is 16.6. The first-order chi connectivity index (χ1) is 10.8. The van der Waals surface area contributed by atoms with E-state index in [0.29, 0.717) is 18.7 Å². The monoisotopic (exact) mass is 328 g/mol. The van der Waals surface area contributed by atoms with Crippen molar-refractivity contribution in [2.45, 2.75) is 51.2 Å². The maximum atomic E-state index is 13.7. The van der Waals surface area contributed by atoms with E-state index < -0.39 is 17.0 Å². The van der Waals surface area contributed by atoms with Gasteiger partial charge in [-0.2, -0.15) is 18.3 Å². The summed E-state index contributed by atoms with van der Waals surface area (Å²) in [5.74, 6) is 0.299. The van der Waals surface area contributed by atoms with Gasteiger partial charge < -0.3 is 5.32 Å². The van der Waals surface area contributed by atoms with Gasteiger partial charge in [0.05, 0.1) is 17.4 Å². The molecule has 0 radical (unpaired) electrons. The number of carbonyl (C=O) groups is 1. The molecule has 2 N–H and O–H groups in total. The minimum absolute atomic E-state index is 0.0221. The second kappa shape index (κ2) is 4.70. The predicted octanol–water partition coefficient (Wildman–Crippen LogP) is 2.57. The SMILES string of the molecule is O=C(NCc1ncn[nH]1)C12CC3CC(C1)CC(C(F)(F)F)(C3)C2. The second-order valence-corrected chi connectivity index (χ2v) is 7.63. The van der Waals surface area contributed by atoms with Gasteiger partial charge in [0.25, 0.3) is 0 Å². The molecule has 2 unspecified atom stereocenters. The Morgan fingerprint density at radius 2 is 2.00 bits per heavy atom. The molecular formula is C15H19F3N4O. The molecular weight excluding hydrogens is 309 g/mol. The number of aromatic amines is 1. The lowest BCUT2D eigenvalue weighted by Gasteiger charge is -2.61. The van der Waals surface area contributed by atoms with Crippen LogP contribution in [0.1, 0.15) is 44.3 Å². The van der Waals surface area contributed by atoms with Crippen LogP contribution >= 0.6 is 0 Å². The third-order valence-corrected chi connectivity index (χ3v) is 6.03. The zero-order valence-corrected chi connectivity index (χ0v) is 12.6. The van der Waals surface area contributed by atoms with Crippen LogP contribution in [-0.2, 0) is 11.3 Å². The van der Waals surface area contributed by atoms with E-state index in [1.54, 1.807) is 0 Å². The van der Waals surface area contributed by atoms with E-state index >= 15 is 0 Å². The van der Waals surface area contributed by atoms with Gasteiger partial charge in [-0.15, -0.1) is 0 Å². The number of amides is 1. The molecule has 1 amide bonds. The summed E-state index contributed by atoms with van der Waals surface area (Å²) < 4.78 is 41.1. The predicted molar refractivity (Wildman–Crippen MR) is 73.8 cm³/mol. The van der Waals surface area contributed by atoms with Gasteiger partial charge in [0, 0.05) is 0 Å². The lowest BCUT2D eigenvalue weighted by atomic mass is 9.43. The number of hydrogen-bond acceptors (Lipinski definition) is 3. The van der Waals surface area contributed by atoms with Gasteiger partial charge in [-0.1, -0.05) is 0 Å². The molecule has 0 aliphatic heterocycles. The number of nitrogens with one attached hydrogen (secondary N) is 2. The molecule has 8 heteroatoms. The second-order valence-electron chi connectivity index (χ2n) is 7.63. The highest BCUT2D eigenvalue weighted by atomic mass is 19.4. The van der Waals surface area contributed by atoms with Crippen LogP contribution in [0.25, 0.3) is 0 Å². The number of halogens is 3. The topological polar surface area (TPSA) is 70.7 Å². The Morgan fingerprint density at radius 1 is 1.30 bits per heavy atom. The average molecular weight is 328 g/mol. The molecule has 1 aromatic rings. The van der Waals surface area contributed by atoms with Gasteiger partial charge in [-0.25, -0.2) is 4.98 Å². The van der Waals surface area contributed by atoms with Crippen LogP contribution in [0.4, 0.5) is 13.2 Å². The molecule has 126 valence electrons. The number of alkyl halides is 3. The normalized spacial score (nSPS) is 38.7. The van der Waals surface area contributed by atoms with E-state index in [9.17, 15) is 18.0 Å². The third-order valence-electron chi connectivity index (χ3n) is 6.03. The molecule has 1 aromatic heterocycles. The summed E-state index contributed by atoms with van der Waals surface area (Å²) in [6.07, 6.45) is -0.527. The number of hydrogen-bond donors (Lipinski definition) is 2. The molecule has 0 aromatic carbocycles. The molecule has 4 aliphatic rings. The van der Waals surface area contributed by atoms with Crippen molar-refractivity contribution in [3.8, 4) is 0 Å². The molecule has 4 fully saturated rings. The molecule has 4 saturated carbocycles. The molecule has 2 atom stereocenters. The standard InChI is InChI=1S/C15H19F3N4O/c16-15(17,18)14-4-9-1-10(5-14)3-13(2-9,7-14)12(23)19-6-11-20-8-21-22-11/h8-10H,1-7H2,(H,19,23)(H,20,21,22). The lowest BCUT2D eigenvalue weighted by molar-refractivity contribution is -0.283. The van der Waals surface area contributed by atoms with Crippen molar-refractivity contribution in [3.63, 3.8) is 0 Å². The van der Waals surface area contributed by atoms with Crippen LogP contribution in [-0.4, -0.2) is 27.3 Å². The highest BCUT2D eigenvalue weighted by molar-refractivity contribution is 5.83. The lowest BCUT2D eigenvalue weighted by Crippen LogP contribution is -2.61. The van der Waals surface area contributed by atoms with Crippen molar-refractivity contribution in [3.05, 3.63) is 12.2 Å². The summed E-state index contributed by atoms with van der Waals surface area (Å²) in [5.41, 5.74) is -2.51. The Morgan fingerprint density at radius 3 is 2.57 bits per heavy atom. The minimum Gasteiger partial charge on any atom is -0.348 e. The highest BCUT2D eigenvalue weighted by Gasteiger charge is 2.68. The van der Waals surface area contributed by atoms with Crippen LogP contribution in [0.3, 0.4) is 0 Å². The van der Waals surface area contributed by atoms with E-state index in [4.69, 9.17) is 0 Å². The Bertz CT molecular complexity index is 599. The Balaban J connectivity index is 1.56. The molecule has 23 heavy (non-hydrogen) atoms. The van der Waals surface area contributed by atoms with E-state index in [1.807, 2.05) is 0 Å². The summed E-state index contributed by atoms with van der Waals surface area (Å²) in [7, 11) is 0. The molecule has 5 nitrogen and oxygen atoms in total. The molecule has 5 rings (SSSR count). The van der Waals surface area contributed by atoms with E-state index in [-0.39, 0.29) is 43.6 Å². The van der Waals surface area contributed by atoms with Gasteiger partial charge in [0.15, 0.2) is 0 Å². The third kappa shape index (κ3) is 2.25. The fraction of sp³-hybridized carbons (Fsp3) is 0.800. The molecule has 1 heterocycles. The van der Waals surface area contributed by atoms with Crippen molar-refractivity contribution in [1.82, 2.24) is 20.5 Å². The fourth-order valence-corrected chi connectivity index (χ4v) is 5.53. The zero-order valence-electron chi connectivity index (χ0n) is 12.6. The summed E-state index contributed by atoms with van der Waals surface area (Å²) in [6, 6.07) is 0. The van der Waals surface area contributed by atoms with Gasteiger partial charge in [0.1, 0.15) is 12.2 Å². The van der Waals surface area contributed by atoms with Crippen LogP contribution < -0.4 is 5.32 Å². The number of nitrogens with zero attached hydrogens (tertiary/aromatic N) is 2. The van der Waals surface area contributed by atoms with Crippen molar-refractivity contribution in [2.75, 3.05) is 0 Å². The number of H-pyrrole nitrogens is 1. The van der Waals surface area contributed by atoms with E-state index in [0.717, 1.165) is 6.42 Å². The Kier molecular flexibility index (Phi) is 3.06. The van der Waals surface area contributed by atoms with Crippen molar-refractivity contribution in [1.29, 1.82) is 0 Å². The first kappa shape index (κ1) is 15.0. The Hall–Kier alpha value is -1.60. The summed E-state index contributed by atoms with van der Waals surface area (Å²) in [5, 5.41) is 9.11. The number of aromatic nitrogens is 3. The van der Waals surface area contributed by atoms with Gasteiger partial charge in [0.2, 0.25) is 5.91 Å². The van der Waals surface area contributed by atoms with E-state index in [2.05, 4.69) is 20.5 Å². The van der Waals surface area contributed by atoms with Crippen LogP contribution in [0, 0.1) is 22.7 Å². The van der Waals surface area contributed by atoms with Crippen molar-refractivity contribution >= 4 is 5.91 Å². The maximum Gasteiger partial charge on any atom is 0.394 e. The number of carbonyl (C=O) groups excluding carboxylic acids is 1. The van der Waals surface area contributed by atoms with Crippen LogP contribution in [0.5, 0.6) is 0 Å². The first-order valence-corrected chi connectivity index (χ1v) is 8.01. The van der Waals surface area contributed by atoms with Crippen LogP contribution in [0.2, 0.25) is 0 Å². The first-order valence-electron chi connectivity index (χ1n) is 8.01. The highest BCUT2D eigenvalue weighted by Crippen LogP contribution is 2.69. The number of rotatable bonds is 3. The smallest absolute Gasteiger partial charge is 0.348 e. The van der Waals surface area contributed by atoms with Crippen molar-refractivity contribution < 1.29 is 18.0 Å². The van der Waals surface area contributed by atoms with Crippen molar-refractivity contribution in [2.24, 2.45) is 22.7 Å². The molecule has 0 saturated heterocycles. The maximum absolute atomic E-state index is 13.7. The average Bonchev–Trinajstić information content (AvgIpc) is 2.95. The minimum atomic E-state index is -4.22. The van der Waals surface area contributed by atoms with Crippen LogP contribution in [0.15, 0.2) is 6.33 Å². The van der Waals surface area contributed by atoms with Gasteiger partial charge in [-0.05, 0) is 50.4 Å².